The summed E-state index contributed by atoms with van der Waals surface area (Å²) in [5.41, 5.74) is 8.62. The highest BCUT2D eigenvalue weighted by Crippen LogP contribution is 2.27. The minimum absolute atomic E-state index is 0.204. The van der Waals surface area contributed by atoms with Gasteiger partial charge in [0, 0.05) is 12.7 Å². The topological polar surface area (TPSA) is 64.8 Å². The maximum Gasteiger partial charge on any atom is 0.260 e. The smallest absolute Gasteiger partial charge is 0.260 e. The lowest BCUT2D eigenvalue weighted by atomic mass is 10.1. The number of rotatable bonds is 6. The number of carbonyl (C=O) groups is 1. The Bertz CT molecular complexity index is 909. The highest BCUT2D eigenvalue weighted by molar-refractivity contribution is 6.09. The number of ether oxygens (including phenoxy) is 2. The van der Waals surface area contributed by atoms with Gasteiger partial charge in [-0.05, 0) is 42.0 Å². The van der Waals surface area contributed by atoms with Gasteiger partial charge < -0.3 is 20.1 Å². The summed E-state index contributed by atoms with van der Waals surface area (Å²) in [4.78, 5) is 14.3. The summed E-state index contributed by atoms with van der Waals surface area (Å²) in [5.74, 6) is 1.02. The van der Waals surface area contributed by atoms with E-state index in [9.17, 15) is 4.79 Å². The number of hydrogen-bond acceptors (Lipinski definition) is 4. The molecule has 1 amide bonds. The number of amides is 1. The molecule has 0 aliphatic rings. The molecule has 0 spiro atoms. The fraction of sp³-hybridized carbons (Fsp3) is 0.136. The number of anilines is 2. The van der Waals surface area contributed by atoms with Crippen LogP contribution in [0.5, 0.6) is 11.5 Å². The molecular weight excluding hydrogens is 340 g/mol. The maximum atomic E-state index is 12.8. The van der Waals surface area contributed by atoms with Gasteiger partial charge in [0.25, 0.3) is 5.91 Å². The van der Waals surface area contributed by atoms with Crippen LogP contribution in [0.25, 0.3) is 0 Å². The summed E-state index contributed by atoms with van der Waals surface area (Å²) < 4.78 is 11.0. The first-order valence-electron chi connectivity index (χ1n) is 8.57. The molecule has 0 aliphatic heterocycles. The molecule has 0 heterocycles. The molecule has 2 N–H and O–H groups in total. The maximum absolute atomic E-state index is 12.8. The normalized spacial score (nSPS) is 10.3. The standard InChI is InChI=1S/C22H22N2O3/c1-24(22(25)19-9-6-10-20(26-2)21(19)23)17-11-13-18(14-12-17)27-15-16-7-4-3-5-8-16/h3-14H,15,23H2,1-2H3. The van der Waals surface area contributed by atoms with Gasteiger partial charge in [0.05, 0.1) is 18.4 Å². The predicted octanol–water partition coefficient (Wildman–Crippen LogP) is 4.13. The first-order chi connectivity index (χ1) is 13.1. The molecule has 3 rings (SSSR count). The van der Waals surface area contributed by atoms with Gasteiger partial charge >= 0.3 is 0 Å². The Labute approximate surface area is 158 Å². The minimum Gasteiger partial charge on any atom is -0.495 e. The van der Waals surface area contributed by atoms with Crippen molar-refractivity contribution < 1.29 is 14.3 Å². The fourth-order valence-corrected chi connectivity index (χ4v) is 2.71. The van der Waals surface area contributed by atoms with Gasteiger partial charge in [0.1, 0.15) is 18.1 Å². The van der Waals surface area contributed by atoms with Crippen molar-refractivity contribution >= 4 is 17.3 Å². The Kier molecular flexibility index (Phi) is 5.61. The van der Waals surface area contributed by atoms with Gasteiger partial charge in [-0.15, -0.1) is 0 Å². The third-order valence-corrected chi connectivity index (χ3v) is 4.29. The fourth-order valence-electron chi connectivity index (χ4n) is 2.71. The molecule has 27 heavy (non-hydrogen) atoms. The molecule has 3 aromatic carbocycles. The molecule has 0 saturated heterocycles. The van der Waals surface area contributed by atoms with Crippen molar-refractivity contribution in [1.29, 1.82) is 0 Å². The van der Waals surface area contributed by atoms with E-state index in [0.29, 0.717) is 23.6 Å². The highest BCUT2D eigenvalue weighted by atomic mass is 16.5. The van der Waals surface area contributed by atoms with Crippen LogP contribution in [0.3, 0.4) is 0 Å². The van der Waals surface area contributed by atoms with Crippen molar-refractivity contribution in [1.82, 2.24) is 0 Å². The van der Waals surface area contributed by atoms with Crippen molar-refractivity contribution in [2.45, 2.75) is 6.61 Å². The van der Waals surface area contributed by atoms with E-state index < -0.39 is 0 Å². The third-order valence-electron chi connectivity index (χ3n) is 4.29. The number of methoxy groups -OCH3 is 1. The summed E-state index contributed by atoms with van der Waals surface area (Å²) in [7, 11) is 3.24. The lowest BCUT2D eigenvalue weighted by Gasteiger charge is -2.19. The molecule has 0 aliphatic carbocycles. The lowest BCUT2D eigenvalue weighted by molar-refractivity contribution is 0.0993. The molecule has 0 aromatic heterocycles. The molecule has 0 bridgehead atoms. The van der Waals surface area contributed by atoms with Gasteiger partial charge in [-0.1, -0.05) is 36.4 Å². The van der Waals surface area contributed by atoms with Crippen molar-refractivity contribution in [3.63, 3.8) is 0 Å². The molecule has 0 radical (unpaired) electrons. The van der Waals surface area contributed by atoms with E-state index in [1.165, 1.54) is 7.11 Å². The molecular formula is C22H22N2O3. The van der Waals surface area contributed by atoms with Gasteiger partial charge in [0.2, 0.25) is 0 Å². The summed E-state index contributed by atoms with van der Waals surface area (Å²) in [6.07, 6.45) is 0. The largest absolute Gasteiger partial charge is 0.495 e. The van der Waals surface area contributed by atoms with Gasteiger partial charge in [-0.3, -0.25) is 4.79 Å². The summed E-state index contributed by atoms with van der Waals surface area (Å²) in [5, 5.41) is 0. The first kappa shape index (κ1) is 18.3. The number of nitrogens with two attached hydrogens (primary N) is 1. The van der Waals surface area contributed by atoms with E-state index >= 15 is 0 Å². The van der Waals surface area contributed by atoms with Crippen molar-refractivity contribution in [3.05, 3.63) is 83.9 Å². The van der Waals surface area contributed by atoms with Gasteiger partial charge in [-0.2, -0.15) is 0 Å². The van der Waals surface area contributed by atoms with Crippen LogP contribution in [0, 0.1) is 0 Å². The molecule has 0 fully saturated rings. The Morgan fingerprint density at radius 1 is 0.963 bits per heavy atom. The molecule has 0 unspecified atom stereocenters. The second-order valence-electron chi connectivity index (χ2n) is 6.05. The lowest BCUT2D eigenvalue weighted by Crippen LogP contribution is -2.27. The number of benzene rings is 3. The second-order valence-corrected chi connectivity index (χ2v) is 6.05. The molecule has 3 aromatic rings. The molecule has 138 valence electrons. The van der Waals surface area contributed by atoms with Gasteiger partial charge in [-0.25, -0.2) is 0 Å². The van der Waals surface area contributed by atoms with E-state index in [4.69, 9.17) is 15.2 Å². The monoisotopic (exact) mass is 362 g/mol. The zero-order valence-corrected chi connectivity index (χ0v) is 15.4. The van der Waals surface area contributed by atoms with Crippen LogP contribution < -0.4 is 20.1 Å². The van der Waals surface area contributed by atoms with Crippen LogP contribution in [-0.2, 0) is 6.61 Å². The predicted molar refractivity (Wildman–Crippen MR) is 107 cm³/mol. The average molecular weight is 362 g/mol. The average Bonchev–Trinajstić information content (AvgIpc) is 2.72. The molecule has 5 nitrogen and oxygen atoms in total. The van der Waals surface area contributed by atoms with Crippen molar-refractivity contribution in [2.24, 2.45) is 0 Å². The van der Waals surface area contributed by atoms with Crippen LogP contribution >= 0.6 is 0 Å². The summed E-state index contributed by atoms with van der Waals surface area (Å²) in [6, 6.07) is 22.5. The van der Waals surface area contributed by atoms with E-state index in [1.807, 2.05) is 54.6 Å². The quantitative estimate of drug-likeness (QED) is 0.670. The summed E-state index contributed by atoms with van der Waals surface area (Å²) >= 11 is 0. The van der Waals surface area contributed by atoms with E-state index in [-0.39, 0.29) is 5.91 Å². The second kappa shape index (κ2) is 8.27. The number of carbonyl (C=O) groups excluding carboxylic acids is 1. The van der Waals surface area contributed by atoms with Crippen molar-refractivity contribution in [3.8, 4) is 11.5 Å². The molecule has 0 atom stereocenters. The Morgan fingerprint density at radius 2 is 1.67 bits per heavy atom. The van der Waals surface area contributed by atoms with Crippen LogP contribution in [-0.4, -0.2) is 20.1 Å². The number of hydrogen-bond donors (Lipinski definition) is 1. The Balaban J connectivity index is 1.70. The SMILES string of the molecule is COc1cccc(C(=O)N(C)c2ccc(OCc3ccccc3)cc2)c1N. The molecule has 0 saturated carbocycles. The van der Waals surface area contributed by atoms with E-state index in [2.05, 4.69) is 0 Å². The van der Waals surface area contributed by atoms with Crippen LogP contribution in [0.15, 0.2) is 72.8 Å². The van der Waals surface area contributed by atoms with Crippen LogP contribution in [0.4, 0.5) is 11.4 Å². The zero-order valence-electron chi connectivity index (χ0n) is 15.4. The van der Waals surface area contributed by atoms with Crippen LogP contribution in [0.2, 0.25) is 0 Å². The highest BCUT2D eigenvalue weighted by Gasteiger charge is 2.18. The van der Waals surface area contributed by atoms with Crippen LogP contribution in [0.1, 0.15) is 15.9 Å². The number of para-hydroxylation sites is 1. The first-order valence-corrected chi connectivity index (χ1v) is 8.57. The Hall–Kier alpha value is -3.47. The summed E-state index contributed by atoms with van der Waals surface area (Å²) in [6.45, 7) is 0.495. The molecule has 5 heteroatoms. The zero-order chi connectivity index (χ0) is 19.2. The van der Waals surface area contributed by atoms with E-state index in [0.717, 1.165) is 17.0 Å². The Morgan fingerprint density at radius 3 is 2.33 bits per heavy atom. The third kappa shape index (κ3) is 4.20. The minimum atomic E-state index is -0.204. The van der Waals surface area contributed by atoms with Crippen molar-refractivity contribution in [2.75, 3.05) is 24.8 Å². The van der Waals surface area contributed by atoms with Gasteiger partial charge in [0.15, 0.2) is 0 Å². The number of nitrogen functional groups attached to an aromatic ring is 1. The number of nitrogens with zero attached hydrogens (tertiary/aromatic N) is 1. The van der Waals surface area contributed by atoms with E-state index in [1.54, 1.807) is 30.1 Å².